The molecular formula is C23H30O13. The van der Waals surface area contributed by atoms with E-state index in [1.54, 1.807) is 7.11 Å². The molecule has 36 heavy (non-hydrogen) atoms. The van der Waals surface area contributed by atoms with E-state index in [0.29, 0.717) is 6.61 Å². The Hall–Kier alpha value is -1.87. The van der Waals surface area contributed by atoms with Crippen molar-refractivity contribution in [2.24, 2.45) is 17.8 Å². The largest absolute Gasteiger partial charge is 0.469 e. The van der Waals surface area contributed by atoms with Gasteiger partial charge in [0.05, 0.1) is 46.8 Å². The SMILES string of the molecule is COC(=O)[C@H]1CO[C@H]2[C@@H]1OC[C@H]2OC(=O)[C@H]1CO[C@H]2[C@@H]1OC[C@H]2OC(=O)[C@H]1CO[C@H]2[C@@H]1OC[C@H]2OC. The molecule has 6 saturated heterocycles. The Labute approximate surface area is 206 Å². The van der Waals surface area contributed by atoms with Crippen LogP contribution in [0, 0.1) is 17.8 Å². The number of hydrogen-bond acceptors (Lipinski definition) is 13. The van der Waals surface area contributed by atoms with Crippen molar-refractivity contribution in [2.75, 3.05) is 53.9 Å². The van der Waals surface area contributed by atoms with Crippen molar-refractivity contribution < 1.29 is 61.8 Å². The first kappa shape index (κ1) is 24.5. The van der Waals surface area contributed by atoms with Gasteiger partial charge in [-0.2, -0.15) is 0 Å². The van der Waals surface area contributed by atoms with E-state index in [1.807, 2.05) is 0 Å². The Morgan fingerprint density at radius 3 is 1.28 bits per heavy atom. The average molecular weight is 514 g/mol. The second-order valence-electron chi connectivity index (χ2n) is 9.86. The molecule has 0 N–H and O–H groups in total. The topological polar surface area (TPSA) is 144 Å². The van der Waals surface area contributed by atoms with Gasteiger partial charge in [-0.15, -0.1) is 0 Å². The summed E-state index contributed by atoms with van der Waals surface area (Å²) in [7, 11) is 2.89. The third-order valence-electron chi connectivity index (χ3n) is 7.97. The van der Waals surface area contributed by atoms with E-state index < -0.39 is 78.4 Å². The molecule has 0 saturated carbocycles. The van der Waals surface area contributed by atoms with Crippen LogP contribution in [0.4, 0.5) is 0 Å². The normalized spacial score (nSPS) is 46.8. The lowest BCUT2D eigenvalue weighted by Crippen LogP contribution is -2.40. The summed E-state index contributed by atoms with van der Waals surface area (Å²) in [6, 6.07) is 0. The van der Waals surface area contributed by atoms with Crippen molar-refractivity contribution >= 4 is 17.9 Å². The lowest BCUT2D eigenvalue weighted by atomic mass is 9.99. The van der Waals surface area contributed by atoms with Crippen LogP contribution in [0.5, 0.6) is 0 Å². The average Bonchev–Trinajstić information content (AvgIpc) is 3.68. The van der Waals surface area contributed by atoms with E-state index in [0.717, 1.165) is 0 Å². The lowest BCUT2D eigenvalue weighted by Gasteiger charge is -2.21. The first-order valence-corrected chi connectivity index (χ1v) is 12.2. The zero-order valence-corrected chi connectivity index (χ0v) is 20.0. The number of hydrogen-bond donors (Lipinski definition) is 0. The van der Waals surface area contributed by atoms with Crippen molar-refractivity contribution in [3.63, 3.8) is 0 Å². The van der Waals surface area contributed by atoms with Crippen molar-refractivity contribution in [1.29, 1.82) is 0 Å². The van der Waals surface area contributed by atoms with Crippen LogP contribution in [-0.4, -0.2) is 127 Å². The first-order valence-electron chi connectivity index (χ1n) is 12.2. The van der Waals surface area contributed by atoms with Crippen LogP contribution in [0.15, 0.2) is 0 Å². The number of ether oxygens (including phenoxy) is 10. The minimum atomic E-state index is -0.685. The van der Waals surface area contributed by atoms with Gasteiger partial charge in [0.1, 0.15) is 60.5 Å². The van der Waals surface area contributed by atoms with E-state index >= 15 is 0 Å². The molecule has 0 unspecified atom stereocenters. The lowest BCUT2D eigenvalue weighted by molar-refractivity contribution is -0.164. The Kier molecular flexibility index (Phi) is 6.65. The highest BCUT2D eigenvalue weighted by molar-refractivity contribution is 5.76. The monoisotopic (exact) mass is 514 g/mol. The standard InChI is InChI=1S/C23H30O13/c1-27-12-6-32-16-10(4-29-18(12)16)22(25)36-14-8-34-17-11(5-31-20(14)17)23(26)35-13-7-33-15-9(21(24)28-2)3-30-19(13)15/h9-20H,3-8H2,1-2H3/t9-,10-,11-,12+,13+,14+,15+,16+,17+,18+,19+,20+/m0/s1. The zero-order valence-electron chi connectivity index (χ0n) is 20.0. The third-order valence-corrected chi connectivity index (χ3v) is 7.97. The summed E-state index contributed by atoms with van der Waals surface area (Å²) in [6.07, 6.45) is -4.47. The molecule has 13 heteroatoms. The quantitative estimate of drug-likeness (QED) is 0.292. The van der Waals surface area contributed by atoms with Crippen molar-refractivity contribution in [1.82, 2.24) is 0 Å². The van der Waals surface area contributed by atoms with E-state index in [2.05, 4.69) is 0 Å². The molecule has 6 aliphatic rings. The fourth-order valence-electron chi connectivity index (χ4n) is 6.03. The Bertz CT molecular complexity index is 880. The van der Waals surface area contributed by atoms with Crippen LogP contribution < -0.4 is 0 Å². The van der Waals surface area contributed by atoms with Gasteiger partial charge in [-0.1, -0.05) is 0 Å². The van der Waals surface area contributed by atoms with E-state index in [9.17, 15) is 14.4 Å². The van der Waals surface area contributed by atoms with Crippen LogP contribution in [-0.2, 0) is 61.8 Å². The van der Waals surface area contributed by atoms with Gasteiger partial charge in [0.15, 0.2) is 12.2 Å². The van der Waals surface area contributed by atoms with Gasteiger partial charge in [-0.05, 0) is 0 Å². The smallest absolute Gasteiger partial charge is 0.314 e. The molecule has 12 atom stereocenters. The minimum absolute atomic E-state index is 0.0748. The molecule has 0 bridgehead atoms. The highest BCUT2D eigenvalue weighted by Crippen LogP contribution is 2.38. The molecule has 0 aromatic carbocycles. The first-order chi connectivity index (χ1) is 17.5. The third kappa shape index (κ3) is 4.01. The maximum atomic E-state index is 13.0. The Morgan fingerprint density at radius 1 is 0.500 bits per heavy atom. The summed E-state index contributed by atoms with van der Waals surface area (Å²) >= 11 is 0. The predicted molar refractivity (Wildman–Crippen MR) is 111 cm³/mol. The molecule has 0 aromatic heterocycles. The van der Waals surface area contributed by atoms with Crippen molar-refractivity contribution in [2.45, 2.75) is 54.9 Å². The van der Waals surface area contributed by atoms with E-state index in [4.69, 9.17) is 47.4 Å². The Morgan fingerprint density at radius 2 is 0.861 bits per heavy atom. The van der Waals surface area contributed by atoms with Gasteiger partial charge in [-0.3, -0.25) is 14.4 Å². The zero-order chi connectivity index (χ0) is 25.0. The maximum Gasteiger partial charge on any atom is 0.314 e. The molecule has 0 spiro atoms. The fraction of sp³-hybridized carbons (Fsp3) is 0.870. The number of carbonyl (C=O) groups is 3. The molecule has 6 rings (SSSR count). The summed E-state index contributed by atoms with van der Waals surface area (Å²) in [5.74, 6) is -3.17. The highest BCUT2D eigenvalue weighted by Gasteiger charge is 2.57. The van der Waals surface area contributed by atoms with Gasteiger partial charge < -0.3 is 47.4 Å². The van der Waals surface area contributed by atoms with Gasteiger partial charge >= 0.3 is 17.9 Å². The minimum Gasteiger partial charge on any atom is -0.469 e. The summed E-state index contributed by atoms with van der Waals surface area (Å²) < 4.78 is 56.0. The Balaban J connectivity index is 1.02. The molecule has 0 aromatic rings. The number of fused-ring (bicyclic) bond motifs is 3. The summed E-state index contributed by atoms with van der Waals surface area (Å²) in [5, 5.41) is 0. The molecule has 13 nitrogen and oxygen atoms in total. The molecule has 0 radical (unpaired) electrons. The molecular weight excluding hydrogens is 484 g/mol. The number of rotatable bonds is 6. The number of methoxy groups -OCH3 is 2. The molecule has 0 amide bonds. The van der Waals surface area contributed by atoms with Crippen molar-refractivity contribution in [3.8, 4) is 0 Å². The highest BCUT2D eigenvalue weighted by atomic mass is 16.7. The van der Waals surface area contributed by atoms with Crippen LogP contribution >= 0.6 is 0 Å². The maximum absolute atomic E-state index is 13.0. The van der Waals surface area contributed by atoms with Gasteiger partial charge in [0.25, 0.3) is 0 Å². The van der Waals surface area contributed by atoms with Gasteiger partial charge in [0, 0.05) is 7.11 Å². The van der Waals surface area contributed by atoms with Crippen LogP contribution in [0.1, 0.15) is 0 Å². The van der Waals surface area contributed by atoms with Crippen LogP contribution in [0.2, 0.25) is 0 Å². The second kappa shape index (κ2) is 9.78. The molecule has 6 fully saturated rings. The summed E-state index contributed by atoms with van der Waals surface area (Å²) in [4.78, 5) is 37.8. The summed E-state index contributed by atoms with van der Waals surface area (Å²) in [6.45, 7) is 1.00. The van der Waals surface area contributed by atoms with Gasteiger partial charge in [-0.25, -0.2) is 0 Å². The van der Waals surface area contributed by atoms with Crippen molar-refractivity contribution in [3.05, 3.63) is 0 Å². The van der Waals surface area contributed by atoms with Crippen LogP contribution in [0.3, 0.4) is 0 Å². The molecule has 200 valence electrons. The molecule has 6 aliphatic heterocycles. The summed E-state index contributed by atoms with van der Waals surface area (Å²) in [5.41, 5.74) is 0. The van der Waals surface area contributed by atoms with E-state index in [1.165, 1.54) is 7.11 Å². The number of esters is 3. The van der Waals surface area contributed by atoms with E-state index in [-0.39, 0.29) is 45.2 Å². The van der Waals surface area contributed by atoms with Gasteiger partial charge in [0.2, 0.25) is 0 Å². The predicted octanol–water partition coefficient (Wildman–Crippen LogP) is -1.76. The van der Waals surface area contributed by atoms with Crippen LogP contribution in [0.25, 0.3) is 0 Å². The molecule has 6 heterocycles. The second-order valence-corrected chi connectivity index (χ2v) is 9.86. The fourth-order valence-corrected chi connectivity index (χ4v) is 6.03. The number of carbonyl (C=O) groups excluding carboxylic acids is 3. The molecule has 0 aliphatic carbocycles.